The first-order valence-corrected chi connectivity index (χ1v) is 8.36. The molecule has 3 rings (SSSR count). The van der Waals surface area contributed by atoms with E-state index in [1.165, 1.54) is 30.3 Å². The lowest BCUT2D eigenvalue weighted by molar-refractivity contribution is -0.384. The van der Waals surface area contributed by atoms with Crippen LogP contribution in [-0.2, 0) is 6.61 Å². The molecule has 5 nitrogen and oxygen atoms in total. The van der Waals surface area contributed by atoms with Crippen LogP contribution in [0.1, 0.15) is 21.5 Å². The lowest BCUT2D eigenvalue weighted by Crippen LogP contribution is -1.97. The maximum Gasteiger partial charge on any atom is 0.269 e. The van der Waals surface area contributed by atoms with Gasteiger partial charge < -0.3 is 4.74 Å². The summed E-state index contributed by atoms with van der Waals surface area (Å²) in [5.74, 6) is 0.442. The second kappa shape index (κ2) is 8.58. The van der Waals surface area contributed by atoms with E-state index in [1.54, 1.807) is 6.08 Å². The number of nitrogens with zero attached hydrogens (tertiary/aromatic N) is 1. The van der Waals surface area contributed by atoms with Gasteiger partial charge in [-0.25, -0.2) is 0 Å². The van der Waals surface area contributed by atoms with E-state index in [2.05, 4.69) is 0 Å². The number of non-ortho nitro benzene ring substituents is 1. The van der Waals surface area contributed by atoms with E-state index < -0.39 is 4.92 Å². The van der Waals surface area contributed by atoms with Crippen LogP contribution in [0, 0.1) is 10.1 Å². The molecule has 0 N–H and O–H groups in total. The minimum Gasteiger partial charge on any atom is -0.488 e. The first kappa shape index (κ1) is 18.1. The van der Waals surface area contributed by atoms with Gasteiger partial charge in [0, 0.05) is 23.3 Å². The number of para-hydroxylation sites is 1. The van der Waals surface area contributed by atoms with Crippen molar-refractivity contribution in [3.05, 3.63) is 112 Å². The Bertz CT molecular complexity index is 963. The summed E-state index contributed by atoms with van der Waals surface area (Å²) in [6.07, 6.45) is 3.12. The molecule has 0 aromatic heterocycles. The molecule has 0 spiro atoms. The third kappa shape index (κ3) is 4.89. The van der Waals surface area contributed by atoms with Gasteiger partial charge in [0.25, 0.3) is 5.69 Å². The summed E-state index contributed by atoms with van der Waals surface area (Å²) in [5.41, 5.74) is 2.18. The summed E-state index contributed by atoms with van der Waals surface area (Å²) in [6, 6.07) is 22.8. The average molecular weight is 359 g/mol. The van der Waals surface area contributed by atoms with E-state index in [0.29, 0.717) is 17.9 Å². The number of nitro groups is 1. The van der Waals surface area contributed by atoms with Crippen molar-refractivity contribution in [2.24, 2.45) is 0 Å². The second-order valence-corrected chi connectivity index (χ2v) is 5.81. The van der Waals surface area contributed by atoms with Gasteiger partial charge in [-0.2, -0.15) is 0 Å². The van der Waals surface area contributed by atoms with Crippen LogP contribution in [0.25, 0.3) is 6.08 Å². The number of nitro benzene ring substituents is 1. The minimum atomic E-state index is -0.496. The highest BCUT2D eigenvalue weighted by atomic mass is 16.6. The van der Waals surface area contributed by atoms with Gasteiger partial charge in [0.1, 0.15) is 12.4 Å². The van der Waals surface area contributed by atoms with Gasteiger partial charge in [-0.05, 0) is 35.9 Å². The molecule has 0 saturated heterocycles. The number of ketones is 1. The fourth-order valence-corrected chi connectivity index (χ4v) is 2.49. The highest BCUT2D eigenvalue weighted by Crippen LogP contribution is 2.21. The van der Waals surface area contributed by atoms with Crippen molar-refractivity contribution >= 4 is 17.5 Å². The molecule has 0 amide bonds. The predicted molar refractivity (Wildman–Crippen MR) is 104 cm³/mol. The first-order valence-electron chi connectivity index (χ1n) is 8.36. The van der Waals surface area contributed by atoms with Crippen molar-refractivity contribution in [1.29, 1.82) is 0 Å². The zero-order valence-corrected chi connectivity index (χ0v) is 14.4. The molecule has 0 aliphatic carbocycles. The maximum atomic E-state index is 12.3. The van der Waals surface area contributed by atoms with E-state index >= 15 is 0 Å². The summed E-state index contributed by atoms with van der Waals surface area (Å²) < 4.78 is 5.87. The molecule has 0 heterocycles. The van der Waals surface area contributed by atoms with Crippen molar-refractivity contribution < 1.29 is 14.5 Å². The van der Waals surface area contributed by atoms with Gasteiger partial charge in [-0.1, -0.05) is 48.5 Å². The molecule has 27 heavy (non-hydrogen) atoms. The highest BCUT2D eigenvalue weighted by Gasteiger charge is 2.08. The van der Waals surface area contributed by atoms with Gasteiger partial charge in [0.05, 0.1) is 4.92 Å². The number of allylic oxidation sites excluding steroid dienone is 1. The van der Waals surface area contributed by atoms with Crippen LogP contribution in [0.3, 0.4) is 0 Å². The monoisotopic (exact) mass is 359 g/mol. The van der Waals surface area contributed by atoms with E-state index in [1.807, 2.05) is 54.6 Å². The number of carbonyl (C=O) groups is 1. The summed E-state index contributed by atoms with van der Waals surface area (Å²) in [6.45, 7) is 0.433. The van der Waals surface area contributed by atoms with Crippen LogP contribution in [0.15, 0.2) is 84.9 Å². The number of ether oxygens (including phenoxy) is 1. The first-order chi connectivity index (χ1) is 13.1. The molecule has 0 saturated carbocycles. The largest absolute Gasteiger partial charge is 0.488 e. The Labute approximate surface area is 156 Å². The van der Waals surface area contributed by atoms with E-state index in [0.717, 1.165) is 11.1 Å². The van der Waals surface area contributed by atoms with Gasteiger partial charge in [0.2, 0.25) is 0 Å². The lowest BCUT2D eigenvalue weighted by Gasteiger charge is -2.09. The van der Waals surface area contributed by atoms with E-state index in [4.69, 9.17) is 4.74 Å². The van der Waals surface area contributed by atoms with Crippen molar-refractivity contribution in [2.75, 3.05) is 0 Å². The molecule has 3 aromatic rings. The molecular weight excluding hydrogens is 342 g/mol. The van der Waals surface area contributed by atoms with E-state index in [9.17, 15) is 14.9 Å². The molecule has 5 heteroatoms. The van der Waals surface area contributed by atoms with Crippen LogP contribution < -0.4 is 4.74 Å². The Hall–Kier alpha value is -3.73. The maximum absolute atomic E-state index is 12.3. The normalized spacial score (nSPS) is 10.7. The number of benzene rings is 3. The van der Waals surface area contributed by atoms with Gasteiger partial charge in [-0.15, -0.1) is 0 Å². The summed E-state index contributed by atoms with van der Waals surface area (Å²) in [5, 5.41) is 10.7. The number of hydrogen-bond acceptors (Lipinski definition) is 4. The topological polar surface area (TPSA) is 69.4 Å². The third-order valence-electron chi connectivity index (χ3n) is 3.93. The van der Waals surface area contributed by atoms with Crippen LogP contribution in [-0.4, -0.2) is 10.7 Å². The fourth-order valence-electron chi connectivity index (χ4n) is 2.49. The third-order valence-corrected chi connectivity index (χ3v) is 3.93. The summed E-state index contributed by atoms with van der Waals surface area (Å²) in [4.78, 5) is 22.5. The number of rotatable bonds is 7. The molecule has 0 aliphatic heterocycles. The molecular formula is C22H17NO4. The Morgan fingerprint density at radius 2 is 1.59 bits per heavy atom. The molecule has 3 aromatic carbocycles. The quantitative estimate of drug-likeness (QED) is 0.256. The Kier molecular flexibility index (Phi) is 5.74. The van der Waals surface area contributed by atoms with Crippen LogP contribution in [0.2, 0.25) is 0 Å². The van der Waals surface area contributed by atoms with Crippen molar-refractivity contribution in [1.82, 2.24) is 0 Å². The van der Waals surface area contributed by atoms with E-state index in [-0.39, 0.29) is 11.5 Å². The van der Waals surface area contributed by atoms with Gasteiger partial charge in [-0.3, -0.25) is 14.9 Å². The fraction of sp³-hybridized carbons (Fsp3) is 0.0455. The van der Waals surface area contributed by atoms with Crippen molar-refractivity contribution in [2.45, 2.75) is 6.61 Å². The van der Waals surface area contributed by atoms with Crippen molar-refractivity contribution in [3.8, 4) is 5.75 Å². The summed E-state index contributed by atoms with van der Waals surface area (Å²) in [7, 11) is 0. The second-order valence-electron chi connectivity index (χ2n) is 5.81. The zero-order chi connectivity index (χ0) is 19.1. The van der Waals surface area contributed by atoms with Crippen molar-refractivity contribution in [3.63, 3.8) is 0 Å². The minimum absolute atomic E-state index is 0.0461. The Morgan fingerprint density at radius 3 is 2.30 bits per heavy atom. The van der Waals surface area contributed by atoms with Gasteiger partial charge >= 0.3 is 0 Å². The molecule has 0 bridgehead atoms. The summed E-state index contributed by atoms with van der Waals surface area (Å²) >= 11 is 0. The smallest absolute Gasteiger partial charge is 0.269 e. The molecule has 134 valence electrons. The molecule has 0 radical (unpaired) electrons. The molecule has 0 aliphatic rings. The molecule has 0 fully saturated rings. The number of carbonyl (C=O) groups excluding carboxylic acids is 1. The SMILES string of the molecule is O=C(/C=C/c1ccccc1OCc1ccccc1)c1ccc([N+](=O)[O-])cc1. The Balaban J connectivity index is 1.71. The highest BCUT2D eigenvalue weighted by molar-refractivity contribution is 6.07. The average Bonchev–Trinajstić information content (AvgIpc) is 2.72. The van der Waals surface area contributed by atoms with Crippen LogP contribution in [0.5, 0.6) is 5.75 Å². The van der Waals surface area contributed by atoms with Crippen LogP contribution in [0.4, 0.5) is 5.69 Å². The molecule has 0 atom stereocenters. The number of hydrogen-bond donors (Lipinski definition) is 0. The van der Waals surface area contributed by atoms with Crippen LogP contribution >= 0.6 is 0 Å². The lowest BCUT2D eigenvalue weighted by atomic mass is 10.1. The van der Waals surface area contributed by atoms with Gasteiger partial charge in [0.15, 0.2) is 5.78 Å². The Morgan fingerprint density at radius 1 is 0.926 bits per heavy atom. The standard InChI is InChI=1S/C22H17NO4/c24-21(18-10-13-20(14-11-18)23(25)26)15-12-19-8-4-5-9-22(19)27-16-17-6-2-1-3-7-17/h1-15H,16H2/b15-12+. The predicted octanol–water partition coefficient (Wildman–Crippen LogP) is 5.07. The molecule has 0 unspecified atom stereocenters. The zero-order valence-electron chi connectivity index (χ0n) is 14.4.